The molecule has 0 radical (unpaired) electrons. The molecule has 1 atom stereocenters. The van der Waals surface area contributed by atoms with Gasteiger partial charge in [0, 0.05) is 6.42 Å². The first-order valence-electron chi connectivity index (χ1n) is 6.92. The molecule has 0 saturated carbocycles. The van der Waals surface area contributed by atoms with Gasteiger partial charge in [0.2, 0.25) is 0 Å². The molecule has 1 aliphatic heterocycles. The molecule has 3 rings (SSSR count). The fraction of sp³-hybridized carbons (Fsp3) is 0.222. The van der Waals surface area contributed by atoms with Gasteiger partial charge in [0.25, 0.3) is 0 Å². The summed E-state index contributed by atoms with van der Waals surface area (Å²) in [6.45, 7) is 1.26. The summed E-state index contributed by atoms with van der Waals surface area (Å²) < 4.78 is 11.5. The average Bonchev–Trinajstić information content (AvgIpc) is 2.95. The minimum atomic E-state index is -0.120. The van der Waals surface area contributed by atoms with E-state index >= 15 is 0 Å². The van der Waals surface area contributed by atoms with E-state index in [1.165, 1.54) is 16.7 Å². The van der Waals surface area contributed by atoms with Crippen LogP contribution in [0.3, 0.4) is 0 Å². The lowest BCUT2D eigenvalue weighted by atomic mass is 10.1. The summed E-state index contributed by atoms with van der Waals surface area (Å²) in [5.41, 5.74) is 3.68. The Morgan fingerprint density at radius 3 is 2.45 bits per heavy atom. The molecule has 2 aromatic rings. The second-order valence-electron chi connectivity index (χ2n) is 4.95. The van der Waals surface area contributed by atoms with Crippen molar-refractivity contribution in [2.75, 3.05) is 6.61 Å². The van der Waals surface area contributed by atoms with Crippen molar-refractivity contribution in [1.29, 1.82) is 0 Å². The highest BCUT2D eigenvalue weighted by Crippen LogP contribution is 2.23. The number of hydrogen-bond donors (Lipinski definition) is 0. The zero-order chi connectivity index (χ0) is 13.6. The van der Waals surface area contributed by atoms with Gasteiger partial charge in [0.15, 0.2) is 6.29 Å². The predicted molar refractivity (Wildman–Crippen MR) is 80.0 cm³/mol. The van der Waals surface area contributed by atoms with Gasteiger partial charge in [-0.25, -0.2) is 0 Å². The predicted octanol–water partition coefficient (Wildman–Crippen LogP) is 4.03. The highest BCUT2D eigenvalue weighted by molar-refractivity contribution is 5.53. The summed E-state index contributed by atoms with van der Waals surface area (Å²) in [4.78, 5) is 0. The van der Waals surface area contributed by atoms with E-state index in [1.54, 1.807) is 0 Å². The lowest BCUT2D eigenvalue weighted by Gasteiger charge is -2.10. The zero-order valence-electron chi connectivity index (χ0n) is 11.4. The fourth-order valence-corrected chi connectivity index (χ4v) is 2.29. The molecule has 0 bridgehead atoms. The van der Waals surface area contributed by atoms with Crippen LogP contribution < -0.4 is 0 Å². The summed E-state index contributed by atoms with van der Waals surface area (Å²) in [5.74, 6) is 0. The van der Waals surface area contributed by atoms with Gasteiger partial charge in [-0.3, -0.25) is 0 Å². The van der Waals surface area contributed by atoms with E-state index in [0.29, 0.717) is 13.2 Å². The quantitative estimate of drug-likeness (QED) is 0.831. The Hall–Kier alpha value is -1.90. The van der Waals surface area contributed by atoms with Crippen LogP contribution in [0.5, 0.6) is 0 Å². The van der Waals surface area contributed by atoms with E-state index in [4.69, 9.17) is 9.47 Å². The van der Waals surface area contributed by atoms with E-state index in [2.05, 4.69) is 30.3 Å². The van der Waals surface area contributed by atoms with Crippen LogP contribution in [0, 0.1) is 0 Å². The molecule has 20 heavy (non-hydrogen) atoms. The molecule has 102 valence electrons. The van der Waals surface area contributed by atoms with Crippen molar-refractivity contribution in [1.82, 2.24) is 0 Å². The minimum absolute atomic E-state index is 0.120. The number of hydrogen-bond acceptors (Lipinski definition) is 2. The number of rotatable bonds is 4. The Morgan fingerprint density at radius 1 is 1.00 bits per heavy atom. The van der Waals surface area contributed by atoms with E-state index in [1.807, 2.05) is 36.4 Å². The van der Waals surface area contributed by atoms with Gasteiger partial charge >= 0.3 is 0 Å². The van der Waals surface area contributed by atoms with Crippen LogP contribution in [-0.2, 0) is 16.1 Å². The molecule has 2 aromatic carbocycles. The van der Waals surface area contributed by atoms with Gasteiger partial charge in [-0.15, -0.1) is 0 Å². The molecule has 1 aliphatic rings. The average molecular weight is 266 g/mol. The molecule has 2 nitrogen and oxygen atoms in total. The van der Waals surface area contributed by atoms with Gasteiger partial charge in [0.1, 0.15) is 0 Å². The molecule has 0 aromatic heterocycles. The van der Waals surface area contributed by atoms with Crippen LogP contribution in [0.2, 0.25) is 0 Å². The summed E-state index contributed by atoms with van der Waals surface area (Å²) in [5, 5.41) is 0. The van der Waals surface area contributed by atoms with Gasteiger partial charge < -0.3 is 9.47 Å². The minimum Gasteiger partial charge on any atom is -0.348 e. The lowest BCUT2D eigenvalue weighted by Crippen LogP contribution is -2.09. The fourth-order valence-electron chi connectivity index (χ4n) is 2.29. The molecule has 0 unspecified atom stereocenters. The molecule has 1 heterocycles. The van der Waals surface area contributed by atoms with Gasteiger partial charge in [0.05, 0.1) is 13.2 Å². The van der Waals surface area contributed by atoms with Crippen LogP contribution in [0.1, 0.15) is 17.5 Å². The Labute approximate surface area is 119 Å². The Bertz CT molecular complexity index is 560. The maximum Gasteiger partial charge on any atom is 0.162 e. The van der Waals surface area contributed by atoms with Crippen molar-refractivity contribution >= 4 is 6.08 Å². The zero-order valence-corrected chi connectivity index (χ0v) is 11.4. The Morgan fingerprint density at radius 2 is 1.70 bits per heavy atom. The normalized spacial score (nSPS) is 20.4. The van der Waals surface area contributed by atoms with E-state index in [-0.39, 0.29) is 6.29 Å². The number of benzene rings is 2. The van der Waals surface area contributed by atoms with Crippen LogP contribution in [0.15, 0.2) is 66.2 Å². The smallest absolute Gasteiger partial charge is 0.162 e. The van der Waals surface area contributed by atoms with Gasteiger partial charge in [-0.05, 0) is 16.7 Å². The maximum atomic E-state index is 5.79. The van der Waals surface area contributed by atoms with Gasteiger partial charge in [-0.2, -0.15) is 0 Å². The molecule has 1 fully saturated rings. The first kappa shape index (κ1) is 13.1. The van der Waals surface area contributed by atoms with Gasteiger partial charge in [-0.1, -0.05) is 66.7 Å². The maximum absolute atomic E-state index is 5.79. The second kappa shape index (κ2) is 6.51. The number of ether oxygens (including phenoxy) is 2. The molecule has 1 saturated heterocycles. The third kappa shape index (κ3) is 3.56. The lowest BCUT2D eigenvalue weighted by molar-refractivity contribution is -0.118. The highest BCUT2D eigenvalue weighted by atomic mass is 16.7. The van der Waals surface area contributed by atoms with Crippen molar-refractivity contribution in [3.63, 3.8) is 0 Å². The largest absolute Gasteiger partial charge is 0.348 e. The van der Waals surface area contributed by atoms with E-state index < -0.39 is 0 Å². The SMILES string of the molecule is C(=C1/CO[C@@H](OCc2ccccc2)C1)/c1ccccc1. The summed E-state index contributed by atoms with van der Waals surface area (Å²) >= 11 is 0. The van der Waals surface area contributed by atoms with Crippen LogP contribution in [-0.4, -0.2) is 12.9 Å². The Kier molecular flexibility index (Phi) is 4.26. The second-order valence-corrected chi connectivity index (χ2v) is 4.95. The van der Waals surface area contributed by atoms with Crippen LogP contribution in [0.25, 0.3) is 6.08 Å². The van der Waals surface area contributed by atoms with E-state index in [0.717, 1.165) is 6.42 Å². The first-order valence-corrected chi connectivity index (χ1v) is 6.92. The van der Waals surface area contributed by atoms with Crippen LogP contribution in [0.4, 0.5) is 0 Å². The van der Waals surface area contributed by atoms with Crippen molar-refractivity contribution in [3.8, 4) is 0 Å². The summed E-state index contributed by atoms with van der Waals surface area (Å²) in [6, 6.07) is 20.5. The topological polar surface area (TPSA) is 18.5 Å². The third-order valence-corrected chi connectivity index (χ3v) is 3.33. The first-order chi connectivity index (χ1) is 9.90. The van der Waals surface area contributed by atoms with Crippen molar-refractivity contribution in [3.05, 3.63) is 77.4 Å². The van der Waals surface area contributed by atoms with Crippen molar-refractivity contribution in [2.45, 2.75) is 19.3 Å². The molecule has 0 spiro atoms. The Balaban J connectivity index is 1.54. The van der Waals surface area contributed by atoms with E-state index in [9.17, 15) is 0 Å². The van der Waals surface area contributed by atoms with Crippen molar-refractivity contribution < 1.29 is 9.47 Å². The molecular formula is C18H18O2. The highest BCUT2D eigenvalue weighted by Gasteiger charge is 2.20. The molecule has 0 N–H and O–H groups in total. The summed E-state index contributed by atoms with van der Waals surface area (Å²) in [7, 11) is 0. The standard InChI is InChI=1S/C18H18O2/c1-3-7-15(8-4-1)11-17-12-18(20-14-17)19-13-16-9-5-2-6-10-16/h1-11,18H,12-14H2/b17-11-/t18-/m1/s1. The monoisotopic (exact) mass is 266 g/mol. The molecular weight excluding hydrogens is 248 g/mol. The summed E-state index contributed by atoms with van der Waals surface area (Å²) in [6.07, 6.45) is 2.92. The molecule has 0 aliphatic carbocycles. The van der Waals surface area contributed by atoms with Crippen molar-refractivity contribution in [2.24, 2.45) is 0 Å². The molecule has 0 amide bonds. The van der Waals surface area contributed by atoms with Crippen LogP contribution >= 0.6 is 0 Å². The molecule has 2 heteroatoms. The third-order valence-electron chi connectivity index (χ3n) is 3.33.